The van der Waals surface area contributed by atoms with Crippen LogP contribution in [0.5, 0.6) is 0 Å². The highest BCUT2D eigenvalue weighted by Crippen LogP contribution is 2.18. The van der Waals surface area contributed by atoms with Gasteiger partial charge in [0.15, 0.2) is 5.82 Å². The number of hydrogen-bond donors (Lipinski definition) is 1. The van der Waals surface area contributed by atoms with Gasteiger partial charge in [0, 0.05) is 18.4 Å². The van der Waals surface area contributed by atoms with Crippen molar-refractivity contribution in [2.75, 3.05) is 0 Å². The highest BCUT2D eigenvalue weighted by Gasteiger charge is 2.11. The Balaban J connectivity index is 1.44. The molecule has 172 valence electrons. The fourth-order valence-electron chi connectivity index (χ4n) is 3.87. The maximum atomic E-state index is 4.85. The second-order valence-corrected chi connectivity index (χ2v) is 9.07. The average Bonchev–Trinajstić information content (AvgIpc) is 3.48. The van der Waals surface area contributed by atoms with Gasteiger partial charge in [0.25, 0.3) is 0 Å². The van der Waals surface area contributed by atoms with Crippen LogP contribution in [0.3, 0.4) is 0 Å². The van der Waals surface area contributed by atoms with Crippen LogP contribution in [0.25, 0.3) is 11.4 Å². The molecule has 1 N–H and O–H groups in total. The van der Waals surface area contributed by atoms with Gasteiger partial charge in [0.05, 0.1) is 6.54 Å². The van der Waals surface area contributed by atoms with Crippen molar-refractivity contribution in [2.24, 2.45) is 5.92 Å². The van der Waals surface area contributed by atoms with Crippen LogP contribution >= 0.6 is 0 Å². The summed E-state index contributed by atoms with van der Waals surface area (Å²) < 4.78 is 2.11. The summed E-state index contributed by atoms with van der Waals surface area (Å²) in [4.78, 5) is 4.85. The van der Waals surface area contributed by atoms with E-state index in [1.165, 1.54) is 16.7 Å². The lowest BCUT2D eigenvalue weighted by molar-refractivity contribution is 0.546. The molecule has 2 aromatic carbocycles. The molecule has 7 heteroatoms. The standard InChI is InChI=1S/C26H33N7/c1-4-5-9-24-27-25(15-10-19(2)3)33(30-24)18-21-13-11-20(12-14-21)16-22-7-6-8-23(17-22)26-28-31-32-29-26/h6-8,11-14,17,19H,4-5,9-10,15-16,18H2,1-3H3,(H,28,29,31,32). The molecule has 33 heavy (non-hydrogen) atoms. The predicted octanol–water partition coefficient (Wildman–Crippen LogP) is 5.03. The molecule has 0 atom stereocenters. The summed E-state index contributed by atoms with van der Waals surface area (Å²) in [6.07, 6.45) is 6.22. The van der Waals surface area contributed by atoms with Gasteiger partial charge in [0.2, 0.25) is 5.82 Å². The number of aromatic nitrogens is 7. The van der Waals surface area contributed by atoms with Crippen LogP contribution in [-0.2, 0) is 25.8 Å². The molecule has 0 radical (unpaired) electrons. The first-order valence-electron chi connectivity index (χ1n) is 11.9. The third-order valence-corrected chi connectivity index (χ3v) is 5.79. The van der Waals surface area contributed by atoms with E-state index in [-0.39, 0.29) is 0 Å². The normalized spacial score (nSPS) is 11.4. The second kappa shape index (κ2) is 11.0. The van der Waals surface area contributed by atoms with E-state index in [4.69, 9.17) is 10.1 Å². The first kappa shape index (κ1) is 22.8. The SMILES string of the molecule is CCCCc1nc(CCC(C)C)n(Cc2ccc(Cc3cccc(-c4nn[nH]n4)c3)cc2)n1. The van der Waals surface area contributed by atoms with Crippen LogP contribution in [0.15, 0.2) is 48.5 Å². The monoisotopic (exact) mass is 443 g/mol. The summed E-state index contributed by atoms with van der Waals surface area (Å²) in [5.41, 5.74) is 4.71. The molecule has 0 fully saturated rings. The van der Waals surface area contributed by atoms with Gasteiger partial charge in [-0.05, 0) is 53.2 Å². The van der Waals surface area contributed by atoms with Crippen LogP contribution in [-0.4, -0.2) is 35.4 Å². The minimum Gasteiger partial charge on any atom is -0.245 e. The molecule has 4 aromatic rings. The summed E-state index contributed by atoms with van der Waals surface area (Å²) in [7, 11) is 0. The third-order valence-electron chi connectivity index (χ3n) is 5.79. The highest BCUT2D eigenvalue weighted by atomic mass is 15.5. The van der Waals surface area contributed by atoms with Crippen molar-refractivity contribution in [3.8, 4) is 11.4 Å². The minimum absolute atomic E-state index is 0.617. The molecule has 7 nitrogen and oxygen atoms in total. The molecule has 0 saturated heterocycles. The van der Waals surface area contributed by atoms with Crippen LogP contribution in [0.1, 0.15) is 68.4 Å². The largest absolute Gasteiger partial charge is 0.245 e. The first-order chi connectivity index (χ1) is 16.1. The number of nitrogens with one attached hydrogen (secondary N) is 1. The zero-order valence-corrected chi connectivity index (χ0v) is 19.8. The van der Waals surface area contributed by atoms with Crippen molar-refractivity contribution in [2.45, 2.75) is 65.8 Å². The number of aryl methyl sites for hydroxylation is 2. The smallest absolute Gasteiger partial charge is 0.204 e. The maximum absolute atomic E-state index is 4.85. The van der Waals surface area contributed by atoms with E-state index in [9.17, 15) is 0 Å². The number of tetrazole rings is 1. The molecular formula is C26H33N7. The van der Waals surface area contributed by atoms with E-state index in [0.717, 1.165) is 62.3 Å². The van der Waals surface area contributed by atoms with Crippen molar-refractivity contribution in [1.29, 1.82) is 0 Å². The van der Waals surface area contributed by atoms with Crippen LogP contribution in [0.4, 0.5) is 0 Å². The lowest BCUT2D eigenvalue weighted by Crippen LogP contribution is -2.08. The maximum Gasteiger partial charge on any atom is 0.204 e. The quantitative estimate of drug-likeness (QED) is 0.351. The number of H-pyrrole nitrogens is 1. The highest BCUT2D eigenvalue weighted by molar-refractivity contribution is 5.55. The average molecular weight is 444 g/mol. The van der Waals surface area contributed by atoms with E-state index in [1.54, 1.807) is 0 Å². The molecule has 0 spiro atoms. The number of aromatic amines is 1. The second-order valence-electron chi connectivity index (χ2n) is 9.07. The molecular weight excluding hydrogens is 410 g/mol. The Morgan fingerprint density at radius 3 is 2.52 bits per heavy atom. The summed E-state index contributed by atoms with van der Waals surface area (Å²) in [6.45, 7) is 7.49. The van der Waals surface area contributed by atoms with Gasteiger partial charge < -0.3 is 0 Å². The molecule has 4 rings (SSSR count). The Labute approximate surface area is 195 Å². The third kappa shape index (κ3) is 6.34. The van der Waals surface area contributed by atoms with Gasteiger partial charge in [-0.1, -0.05) is 69.7 Å². The van der Waals surface area contributed by atoms with Gasteiger partial charge >= 0.3 is 0 Å². The van der Waals surface area contributed by atoms with E-state index in [2.05, 4.69) is 82.5 Å². The molecule has 0 amide bonds. The zero-order chi connectivity index (χ0) is 23.0. The topological polar surface area (TPSA) is 85.2 Å². The van der Waals surface area contributed by atoms with Gasteiger partial charge in [-0.2, -0.15) is 10.3 Å². The van der Waals surface area contributed by atoms with Crippen molar-refractivity contribution < 1.29 is 0 Å². The van der Waals surface area contributed by atoms with Gasteiger partial charge in [-0.3, -0.25) is 0 Å². The number of nitrogens with zero attached hydrogens (tertiary/aromatic N) is 6. The van der Waals surface area contributed by atoms with Crippen LogP contribution < -0.4 is 0 Å². The summed E-state index contributed by atoms with van der Waals surface area (Å²) in [6, 6.07) is 17.1. The van der Waals surface area contributed by atoms with E-state index in [0.29, 0.717) is 11.7 Å². The number of unbranched alkanes of at least 4 members (excludes halogenated alkanes) is 1. The predicted molar refractivity (Wildman–Crippen MR) is 130 cm³/mol. The summed E-state index contributed by atoms with van der Waals surface area (Å²) in [5.74, 6) is 3.37. The summed E-state index contributed by atoms with van der Waals surface area (Å²) >= 11 is 0. The summed E-state index contributed by atoms with van der Waals surface area (Å²) in [5, 5.41) is 19.1. The number of rotatable bonds is 11. The van der Waals surface area contributed by atoms with E-state index in [1.807, 2.05) is 12.1 Å². The van der Waals surface area contributed by atoms with Crippen molar-refractivity contribution in [1.82, 2.24) is 35.4 Å². The van der Waals surface area contributed by atoms with Crippen molar-refractivity contribution >= 4 is 0 Å². The molecule has 2 aromatic heterocycles. The zero-order valence-electron chi connectivity index (χ0n) is 19.8. The van der Waals surface area contributed by atoms with E-state index >= 15 is 0 Å². The lowest BCUT2D eigenvalue weighted by atomic mass is 10.0. The van der Waals surface area contributed by atoms with Gasteiger partial charge in [0.1, 0.15) is 5.82 Å². The Morgan fingerprint density at radius 2 is 1.79 bits per heavy atom. The van der Waals surface area contributed by atoms with Gasteiger partial charge in [-0.25, -0.2) is 9.67 Å². The first-order valence-corrected chi connectivity index (χ1v) is 11.9. The van der Waals surface area contributed by atoms with Crippen LogP contribution in [0.2, 0.25) is 0 Å². The Morgan fingerprint density at radius 1 is 0.970 bits per heavy atom. The Bertz CT molecular complexity index is 1130. The molecule has 0 aliphatic heterocycles. The fraction of sp³-hybridized carbons (Fsp3) is 0.423. The fourth-order valence-corrected chi connectivity index (χ4v) is 3.87. The Kier molecular flexibility index (Phi) is 7.60. The molecule has 0 aliphatic carbocycles. The minimum atomic E-state index is 0.617. The number of benzene rings is 2. The van der Waals surface area contributed by atoms with Crippen molar-refractivity contribution in [3.63, 3.8) is 0 Å². The molecule has 0 bridgehead atoms. The molecule has 0 unspecified atom stereocenters. The van der Waals surface area contributed by atoms with Gasteiger partial charge in [-0.15, -0.1) is 10.2 Å². The van der Waals surface area contributed by atoms with Crippen molar-refractivity contribution in [3.05, 3.63) is 76.9 Å². The van der Waals surface area contributed by atoms with Crippen LogP contribution in [0, 0.1) is 5.92 Å². The Hall–Kier alpha value is -3.35. The molecule has 0 aliphatic rings. The number of hydrogen-bond acceptors (Lipinski definition) is 5. The molecule has 2 heterocycles. The molecule has 0 saturated carbocycles. The lowest BCUT2D eigenvalue weighted by Gasteiger charge is -2.09. The van der Waals surface area contributed by atoms with E-state index < -0.39 is 0 Å².